The van der Waals surface area contributed by atoms with Crippen LogP contribution in [0, 0.1) is 10.1 Å². The van der Waals surface area contributed by atoms with E-state index in [1.807, 2.05) is 48.5 Å². The number of likely N-dealkylation sites (N-methyl/N-ethyl adjacent to an activating group) is 1. The summed E-state index contributed by atoms with van der Waals surface area (Å²) in [5.41, 5.74) is 3.97. The Morgan fingerprint density at radius 2 is 1.58 bits per heavy atom. The second-order valence-electron chi connectivity index (χ2n) is 8.05. The van der Waals surface area contributed by atoms with Crippen LogP contribution in [0.4, 0.5) is 17.1 Å². The van der Waals surface area contributed by atoms with Crippen LogP contribution in [-0.2, 0) is 6.42 Å². The standard InChI is InChI=1S/C25H28N4O2/c1-27-14-16-28(17-15-27)22-12-13-25(29(30)31)24(19-22)26-23(21-10-6-3-7-11-21)18-20-8-4-2-5-9-20/h2-13,19,23,26H,14-18H2,1H3. The van der Waals surface area contributed by atoms with Crippen molar-refractivity contribution in [2.45, 2.75) is 12.5 Å². The lowest BCUT2D eigenvalue weighted by Gasteiger charge is -2.34. The van der Waals surface area contributed by atoms with E-state index >= 15 is 0 Å². The van der Waals surface area contributed by atoms with Gasteiger partial charge in [0.2, 0.25) is 0 Å². The van der Waals surface area contributed by atoms with Crippen molar-refractivity contribution in [1.82, 2.24) is 4.90 Å². The zero-order valence-corrected chi connectivity index (χ0v) is 17.8. The molecule has 31 heavy (non-hydrogen) atoms. The summed E-state index contributed by atoms with van der Waals surface area (Å²) in [6, 6.07) is 25.7. The fourth-order valence-electron chi connectivity index (χ4n) is 4.04. The van der Waals surface area contributed by atoms with Crippen molar-refractivity contribution < 1.29 is 4.92 Å². The molecule has 6 heteroatoms. The van der Waals surface area contributed by atoms with Crippen LogP contribution >= 0.6 is 0 Å². The molecule has 0 spiro atoms. The molecule has 1 saturated heterocycles. The number of nitro groups is 1. The second kappa shape index (κ2) is 9.62. The summed E-state index contributed by atoms with van der Waals surface area (Å²) in [7, 11) is 2.12. The Bertz CT molecular complexity index is 1000. The average Bonchev–Trinajstić information content (AvgIpc) is 2.80. The summed E-state index contributed by atoms with van der Waals surface area (Å²) in [5, 5.41) is 15.3. The predicted molar refractivity (Wildman–Crippen MR) is 126 cm³/mol. The van der Waals surface area contributed by atoms with Gasteiger partial charge < -0.3 is 15.1 Å². The van der Waals surface area contributed by atoms with Crippen LogP contribution in [0.2, 0.25) is 0 Å². The minimum Gasteiger partial charge on any atom is -0.372 e. The molecule has 3 aromatic carbocycles. The highest BCUT2D eigenvalue weighted by atomic mass is 16.6. The first-order valence-electron chi connectivity index (χ1n) is 10.7. The molecule has 1 N–H and O–H groups in total. The number of piperazine rings is 1. The lowest BCUT2D eigenvalue weighted by molar-refractivity contribution is -0.384. The highest BCUT2D eigenvalue weighted by molar-refractivity contribution is 5.70. The Balaban J connectivity index is 1.66. The maximum absolute atomic E-state index is 11.8. The van der Waals surface area contributed by atoms with Crippen LogP contribution < -0.4 is 10.2 Å². The fraction of sp³-hybridized carbons (Fsp3) is 0.280. The summed E-state index contributed by atoms with van der Waals surface area (Å²) in [4.78, 5) is 16.1. The third-order valence-electron chi connectivity index (χ3n) is 5.86. The van der Waals surface area contributed by atoms with E-state index in [0.29, 0.717) is 5.69 Å². The number of benzene rings is 3. The number of hydrogen-bond donors (Lipinski definition) is 1. The largest absolute Gasteiger partial charge is 0.372 e. The molecular weight excluding hydrogens is 388 g/mol. The topological polar surface area (TPSA) is 61.7 Å². The third-order valence-corrected chi connectivity index (χ3v) is 5.86. The number of nitro benzene ring substituents is 1. The Hall–Kier alpha value is -3.38. The van der Waals surface area contributed by atoms with E-state index in [0.717, 1.165) is 43.9 Å². The molecule has 1 aliphatic heterocycles. The molecule has 4 rings (SSSR count). The van der Waals surface area contributed by atoms with E-state index < -0.39 is 0 Å². The van der Waals surface area contributed by atoms with Crippen molar-refractivity contribution in [1.29, 1.82) is 0 Å². The summed E-state index contributed by atoms with van der Waals surface area (Å²) < 4.78 is 0. The van der Waals surface area contributed by atoms with Crippen molar-refractivity contribution in [3.63, 3.8) is 0 Å². The maximum atomic E-state index is 11.8. The van der Waals surface area contributed by atoms with Gasteiger partial charge in [-0.05, 0) is 36.7 Å². The Morgan fingerprint density at radius 3 is 2.23 bits per heavy atom. The lowest BCUT2D eigenvalue weighted by atomic mass is 9.98. The quantitative estimate of drug-likeness (QED) is 0.445. The lowest BCUT2D eigenvalue weighted by Crippen LogP contribution is -2.44. The highest BCUT2D eigenvalue weighted by Crippen LogP contribution is 2.34. The van der Waals surface area contributed by atoms with Crippen LogP contribution in [0.15, 0.2) is 78.9 Å². The summed E-state index contributed by atoms with van der Waals surface area (Å²) in [6.07, 6.45) is 0.737. The molecule has 0 saturated carbocycles. The summed E-state index contributed by atoms with van der Waals surface area (Å²) >= 11 is 0. The molecular formula is C25H28N4O2. The van der Waals surface area contributed by atoms with Gasteiger partial charge in [0.05, 0.1) is 11.0 Å². The first-order valence-corrected chi connectivity index (χ1v) is 10.7. The smallest absolute Gasteiger partial charge is 0.292 e. The van der Waals surface area contributed by atoms with Crippen molar-refractivity contribution in [3.05, 3.63) is 100 Å². The van der Waals surface area contributed by atoms with Crippen LogP contribution in [-0.4, -0.2) is 43.0 Å². The van der Waals surface area contributed by atoms with Gasteiger partial charge in [-0.25, -0.2) is 0 Å². The van der Waals surface area contributed by atoms with Gasteiger partial charge in [0.15, 0.2) is 0 Å². The molecule has 160 valence electrons. The van der Waals surface area contributed by atoms with Crippen molar-refractivity contribution in [2.75, 3.05) is 43.4 Å². The molecule has 0 radical (unpaired) electrons. The minimum atomic E-state index is -0.305. The van der Waals surface area contributed by atoms with Gasteiger partial charge in [0.25, 0.3) is 5.69 Å². The van der Waals surface area contributed by atoms with E-state index in [-0.39, 0.29) is 16.7 Å². The maximum Gasteiger partial charge on any atom is 0.292 e. The molecule has 0 bridgehead atoms. The second-order valence-corrected chi connectivity index (χ2v) is 8.05. The van der Waals surface area contributed by atoms with Crippen LogP contribution in [0.1, 0.15) is 17.2 Å². The molecule has 3 aromatic rings. The van der Waals surface area contributed by atoms with Crippen LogP contribution in [0.25, 0.3) is 0 Å². The van der Waals surface area contributed by atoms with E-state index in [1.54, 1.807) is 6.07 Å². The highest BCUT2D eigenvalue weighted by Gasteiger charge is 2.22. The Kier molecular flexibility index (Phi) is 6.48. The summed E-state index contributed by atoms with van der Waals surface area (Å²) in [5.74, 6) is 0. The van der Waals surface area contributed by atoms with Crippen molar-refractivity contribution in [2.24, 2.45) is 0 Å². The van der Waals surface area contributed by atoms with Crippen molar-refractivity contribution >= 4 is 17.1 Å². The predicted octanol–water partition coefficient (Wildman–Crippen LogP) is 4.74. The molecule has 1 unspecified atom stereocenters. The molecule has 0 amide bonds. The fourth-order valence-corrected chi connectivity index (χ4v) is 4.04. The van der Waals surface area contributed by atoms with Crippen LogP contribution in [0.5, 0.6) is 0 Å². The molecule has 1 heterocycles. The van der Waals surface area contributed by atoms with Crippen LogP contribution in [0.3, 0.4) is 0 Å². The molecule has 1 fully saturated rings. The Labute approximate surface area is 183 Å². The van der Waals surface area contributed by atoms with Gasteiger partial charge in [-0.15, -0.1) is 0 Å². The summed E-state index contributed by atoms with van der Waals surface area (Å²) in [6.45, 7) is 3.81. The monoisotopic (exact) mass is 416 g/mol. The number of nitrogens with one attached hydrogen (secondary N) is 1. The van der Waals surface area contributed by atoms with Gasteiger partial charge in [0.1, 0.15) is 5.69 Å². The number of nitrogens with zero attached hydrogens (tertiary/aromatic N) is 3. The van der Waals surface area contributed by atoms with E-state index in [2.05, 4.69) is 46.4 Å². The van der Waals surface area contributed by atoms with E-state index in [9.17, 15) is 10.1 Å². The Morgan fingerprint density at radius 1 is 0.935 bits per heavy atom. The zero-order chi connectivity index (χ0) is 21.6. The van der Waals surface area contributed by atoms with Gasteiger partial charge in [-0.1, -0.05) is 60.7 Å². The van der Waals surface area contributed by atoms with E-state index in [4.69, 9.17) is 0 Å². The normalized spacial score (nSPS) is 15.5. The molecule has 6 nitrogen and oxygen atoms in total. The van der Waals surface area contributed by atoms with E-state index in [1.165, 1.54) is 5.56 Å². The number of anilines is 2. The molecule has 0 aliphatic carbocycles. The molecule has 1 aliphatic rings. The van der Waals surface area contributed by atoms with Gasteiger partial charge in [-0.2, -0.15) is 0 Å². The minimum absolute atomic E-state index is 0.0787. The van der Waals surface area contributed by atoms with Gasteiger partial charge in [-0.3, -0.25) is 10.1 Å². The van der Waals surface area contributed by atoms with Gasteiger partial charge in [0, 0.05) is 37.9 Å². The third kappa shape index (κ3) is 5.22. The molecule has 0 aromatic heterocycles. The van der Waals surface area contributed by atoms with Gasteiger partial charge >= 0.3 is 0 Å². The average molecular weight is 417 g/mol. The first-order chi connectivity index (χ1) is 15.1. The number of hydrogen-bond acceptors (Lipinski definition) is 5. The van der Waals surface area contributed by atoms with Crippen molar-refractivity contribution in [3.8, 4) is 0 Å². The number of rotatable bonds is 7. The SMILES string of the molecule is CN1CCN(c2ccc([N+](=O)[O-])c(NC(Cc3ccccc3)c3ccccc3)c2)CC1. The zero-order valence-electron chi connectivity index (χ0n) is 17.8. The molecule has 1 atom stereocenters. The first kappa shape index (κ1) is 20.9.